The lowest BCUT2D eigenvalue weighted by molar-refractivity contribution is -0.157. The van der Waals surface area contributed by atoms with Crippen LogP contribution in [-0.4, -0.2) is 53.5 Å². The first kappa shape index (κ1) is 29.5. The first-order valence-electron chi connectivity index (χ1n) is 11.1. The summed E-state index contributed by atoms with van der Waals surface area (Å²) in [5.41, 5.74) is 3.24. The number of carbonyl (C=O) groups is 3. The van der Waals surface area contributed by atoms with Crippen LogP contribution in [-0.2, 0) is 25.5 Å². The summed E-state index contributed by atoms with van der Waals surface area (Å²) in [5.74, 6) is -1.43. The van der Waals surface area contributed by atoms with E-state index in [1.54, 1.807) is 54.5 Å². The molecular formula is C24H34FN3O7. The van der Waals surface area contributed by atoms with Gasteiger partial charge >= 0.3 is 18.2 Å². The molecule has 0 aliphatic rings. The molecule has 0 radical (unpaired) electrons. The van der Waals surface area contributed by atoms with E-state index in [1.807, 2.05) is 0 Å². The van der Waals surface area contributed by atoms with Crippen molar-refractivity contribution in [1.82, 2.24) is 4.90 Å². The number of esters is 1. The molecule has 0 aliphatic heterocycles. The molecule has 1 atom stereocenters. The van der Waals surface area contributed by atoms with Crippen molar-refractivity contribution in [2.75, 3.05) is 13.2 Å². The molecule has 1 unspecified atom stereocenters. The zero-order valence-electron chi connectivity index (χ0n) is 21.3. The minimum absolute atomic E-state index is 0.0200. The number of benzene rings is 1. The Morgan fingerprint density at radius 2 is 1.71 bits per heavy atom. The van der Waals surface area contributed by atoms with Crippen LogP contribution in [0.25, 0.3) is 0 Å². The number of nitrogens with two attached hydrogens (primary N) is 1. The molecular weight excluding hydrogens is 461 g/mol. The largest absolute Gasteiger partial charge is 0.486 e. The maximum atomic E-state index is 14.5. The summed E-state index contributed by atoms with van der Waals surface area (Å²) in [6.45, 7) is 11.5. The smallest absolute Gasteiger partial charge is 0.410 e. The predicted molar refractivity (Wildman–Crippen MR) is 124 cm³/mol. The Morgan fingerprint density at radius 1 is 1.11 bits per heavy atom. The fraction of sp³-hybridized carbons (Fsp3) is 0.583. The molecule has 2 amide bonds. The van der Waals surface area contributed by atoms with Crippen LogP contribution in [0.1, 0.15) is 66.0 Å². The molecule has 1 rings (SSSR count). The second-order valence-corrected chi connectivity index (χ2v) is 9.67. The van der Waals surface area contributed by atoms with Gasteiger partial charge in [-0.05, 0) is 60.6 Å². The van der Waals surface area contributed by atoms with Crippen molar-refractivity contribution in [3.63, 3.8) is 0 Å². The van der Waals surface area contributed by atoms with Crippen LogP contribution in [0.5, 0.6) is 5.75 Å². The fourth-order valence-electron chi connectivity index (χ4n) is 2.87. The number of rotatable bonds is 9. The molecule has 11 heteroatoms. The average molecular weight is 496 g/mol. The van der Waals surface area contributed by atoms with E-state index in [-0.39, 0.29) is 36.4 Å². The van der Waals surface area contributed by atoms with Crippen LogP contribution in [0.2, 0.25) is 0 Å². The Kier molecular flexibility index (Phi) is 10.3. The Balaban J connectivity index is 3.33. The maximum Gasteiger partial charge on any atom is 0.410 e. The van der Waals surface area contributed by atoms with Gasteiger partial charge in [-0.15, -0.1) is 0 Å². The van der Waals surface area contributed by atoms with Crippen LogP contribution in [0, 0.1) is 17.1 Å². The fourth-order valence-corrected chi connectivity index (χ4v) is 2.87. The Morgan fingerprint density at radius 3 is 2.20 bits per heavy atom. The van der Waals surface area contributed by atoms with Crippen LogP contribution in [0.4, 0.5) is 14.0 Å². The van der Waals surface area contributed by atoms with Crippen molar-refractivity contribution < 1.29 is 37.7 Å². The van der Waals surface area contributed by atoms with Gasteiger partial charge in [-0.1, -0.05) is 0 Å². The molecule has 35 heavy (non-hydrogen) atoms. The summed E-state index contributed by atoms with van der Waals surface area (Å²) in [6.07, 6.45) is -3.14. The SMILES string of the molecule is CCN(Cc1c(OC(COC(N)=O)CC(=O)OC(C)(C)C)ccc(F)c1C#N)C(=O)OC(C)(C)C. The van der Waals surface area contributed by atoms with Gasteiger partial charge in [0.1, 0.15) is 41.5 Å². The van der Waals surface area contributed by atoms with Gasteiger partial charge in [-0.2, -0.15) is 5.26 Å². The molecule has 194 valence electrons. The predicted octanol–water partition coefficient (Wildman–Crippen LogP) is 4.03. The number of nitriles is 1. The Bertz CT molecular complexity index is 962. The van der Waals surface area contributed by atoms with Gasteiger partial charge in [0, 0.05) is 12.1 Å². The van der Waals surface area contributed by atoms with Gasteiger partial charge in [0.25, 0.3) is 0 Å². The molecule has 1 aromatic carbocycles. The van der Waals surface area contributed by atoms with E-state index in [1.165, 1.54) is 11.0 Å². The number of halogens is 1. The number of nitrogens with zero attached hydrogens (tertiary/aromatic N) is 2. The number of hydrogen-bond donors (Lipinski definition) is 1. The molecule has 0 saturated carbocycles. The molecule has 0 fully saturated rings. The van der Waals surface area contributed by atoms with E-state index in [0.29, 0.717) is 0 Å². The van der Waals surface area contributed by atoms with E-state index in [2.05, 4.69) is 0 Å². The van der Waals surface area contributed by atoms with Gasteiger partial charge in [0.05, 0.1) is 18.5 Å². The Labute approximate surface area is 205 Å². The number of ether oxygens (including phenoxy) is 4. The highest BCUT2D eigenvalue weighted by Crippen LogP contribution is 2.29. The van der Waals surface area contributed by atoms with Crippen molar-refractivity contribution in [3.8, 4) is 11.8 Å². The minimum Gasteiger partial charge on any atom is -0.486 e. The van der Waals surface area contributed by atoms with Gasteiger partial charge in [0.2, 0.25) is 0 Å². The van der Waals surface area contributed by atoms with Crippen LogP contribution in [0.15, 0.2) is 12.1 Å². The number of hydrogen-bond acceptors (Lipinski definition) is 8. The number of amides is 2. The highest BCUT2D eigenvalue weighted by molar-refractivity contribution is 5.71. The summed E-state index contributed by atoms with van der Waals surface area (Å²) in [4.78, 5) is 37.4. The third-order valence-electron chi connectivity index (χ3n) is 4.23. The summed E-state index contributed by atoms with van der Waals surface area (Å²) >= 11 is 0. The summed E-state index contributed by atoms with van der Waals surface area (Å²) in [6, 6.07) is 4.08. The van der Waals surface area contributed by atoms with Crippen molar-refractivity contribution in [2.45, 2.75) is 78.7 Å². The van der Waals surface area contributed by atoms with Crippen molar-refractivity contribution in [1.29, 1.82) is 5.26 Å². The quantitative estimate of drug-likeness (QED) is 0.400. The van der Waals surface area contributed by atoms with Gasteiger partial charge < -0.3 is 29.6 Å². The molecule has 10 nitrogen and oxygen atoms in total. The number of primary amides is 1. The van der Waals surface area contributed by atoms with Crippen LogP contribution >= 0.6 is 0 Å². The van der Waals surface area contributed by atoms with E-state index >= 15 is 0 Å². The maximum absolute atomic E-state index is 14.5. The first-order chi connectivity index (χ1) is 16.1. The highest BCUT2D eigenvalue weighted by Gasteiger charge is 2.27. The van der Waals surface area contributed by atoms with Crippen molar-refractivity contribution in [3.05, 3.63) is 29.1 Å². The lowest BCUT2D eigenvalue weighted by Crippen LogP contribution is -2.37. The molecule has 0 aliphatic carbocycles. The summed E-state index contributed by atoms with van der Waals surface area (Å²) in [7, 11) is 0. The van der Waals surface area contributed by atoms with Crippen molar-refractivity contribution >= 4 is 18.2 Å². The zero-order chi connectivity index (χ0) is 27.0. The third-order valence-corrected chi connectivity index (χ3v) is 4.23. The Hall–Kier alpha value is -3.55. The van der Waals surface area contributed by atoms with E-state index in [9.17, 15) is 24.0 Å². The van der Waals surface area contributed by atoms with Gasteiger partial charge in [-0.25, -0.2) is 14.0 Å². The second kappa shape index (κ2) is 12.2. The lowest BCUT2D eigenvalue weighted by atomic mass is 10.1. The summed E-state index contributed by atoms with van der Waals surface area (Å²) < 4.78 is 35.8. The highest BCUT2D eigenvalue weighted by atomic mass is 19.1. The van der Waals surface area contributed by atoms with Crippen molar-refractivity contribution in [2.24, 2.45) is 5.73 Å². The molecule has 0 saturated heterocycles. The number of carbonyl (C=O) groups excluding carboxylic acids is 3. The van der Waals surface area contributed by atoms with E-state index in [4.69, 9.17) is 24.7 Å². The average Bonchev–Trinajstić information content (AvgIpc) is 2.68. The molecule has 1 aromatic rings. The topological polar surface area (TPSA) is 141 Å². The monoisotopic (exact) mass is 495 g/mol. The molecule has 0 aromatic heterocycles. The molecule has 0 bridgehead atoms. The second-order valence-electron chi connectivity index (χ2n) is 9.67. The summed E-state index contributed by atoms with van der Waals surface area (Å²) in [5, 5.41) is 9.58. The molecule has 0 spiro atoms. The van der Waals surface area contributed by atoms with Gasteiger partial charge in [0.15, 0.2) is 0 Å². The zero-order valence-corrected chi connectivity index (χ0v) is 21.3. The normalized spacial score (nSPS) is 12.2. The van der Waals surface area contributed by atoms with Gasteiger partial charge in [-0.3, -0.25) is 4.79 Å². The third kappa shape index (κ3) is 10.5. The minimum atomic E-state index is -1.08. The standard InChI is InChI=1S/C24H34FN3O7/c1-8-28(22(31)35-24(5,6)7)13-17-16(12-26)18(25)9-10-19(17)33-15(14-32-21(27)30)11-20(29)34-23(2,3)4/h9-10,15H,8,11,13-14H2,1-7H3,(H2,27,30). The van der Waals surface area contributed by atoms with E-state index in [0.717, 1.165) is 6.07 Å². The molecule has 0 heterocycles. The first-order valence-corrected chi connectivity index (χ1v) is 11.1. The molecule has 2 N–H and O–H groups in total. The van der Waals surface area contributed by atoms with Crippen LogP contribution < -0.4 is 10.5 Å². The lowest BCUT2D eigenvalue weighted by Gasteiger charge is -2.28. The van der Waals surface area contributed by atoms with E-state index < -0.39 is 47.9 Å². The van der Waals surface area contributed by atoms with Crippen LogP contribution in [0.3, 0.4) is 0 Å².